The molecule has 0 bridgehead atoms. The van der Waals surface area contributed by atoms with Crippen molar-refractivity contribution in [3.8, 4) is 0 Å². The Bertz CT molecular complexity index is 911. The third-order valence-electron chi connectivity index (χ3n) is 6.28. The molecule has 2 N–H and O–H groups in total. The smallest absolute Gasteiger partial charge is 0.186 e. The zero-order chi connectivity index (χ0) is 18.3. The first-order valence-electron chi connectivity index (χ1n) is 9.78. The highest BCUT2D eigenvalue weighted by atomic mass is 32.1. The Hall–Kier alpha value is -2.18. The molecule has 2 aromatic heterocycles. The summed E-state index contributed by atoms with van der Waals surface area (Å²) in [6.45, 7) is 4.24. The quantitative estimate of drug-likeness (QED) is 0.748. The van der Waals surface area contributed by atoms with Crippen LogP contribution in [0.5, 0.6) is 0 Å². The maximum atomic E-state index is 6.10. The number of pyridine rings is 1. The topological polar surface area (TPSA) is 58.3 Å². The summed E-state index contributed by atoms with van der Waals surface area (Å²) in [5, 5.41) is 1.17. The van der Waals surface area contributed by atoms with Crippen molar-refractivity contribution in [3.05, 3.63) is 48.2 Å². The molecule has 2 fully saturated rings. The molecule has 27 heavy (non-hydrogen) atoms. The predicted molar refractivity (Wildman–Crippen MR) is 112 cm³/mol. The average molecular weight is 380 g/mol. The number of piperidine rings is 1. The molecule has 6 heteroatoms. The molecule has 0 amide bonds. The lowest BCUT2D eigenvalue weighted by Crippen LogP contribution is -2.51. The van der Waals surface area contributed by atoms with Gasteiger partial charge >= 0.3 is 0 Å². The standard InChI is InChI=1S/C21H25N5S/c22-19-16(5-3-11-23-19)15-26-12-4-8-21(26)9-13-25(14-10-21)20-24-17-6-1-2-7-18(17)27-20/h1-3,5-7,11H,4,8-10,12-15H2,(H2,22,23). The summed E-state index contributed by atoms with van der Waals surface area (Å²) in [4.78, 5) is 14.3. The summed E-state index contributed by atoms with van der Waals surface area (Å²) in [7, 11) is 0. The van der Waals surface area contributed by atoms with Crippen LogP contribution in [0.25, 0.3) is 10.2 Å². The van der Waals surface area contributed by atoms with E-state index in [0.717, 1.165) is 37.3 Å². The molecule has 2 aliphatic heterocycles. The van der Waals surface area contributed by atoms with Crippen LogP contribution in [0, 0.1) is 0 Å². The second-order valence-electron chi connectivity index (χ2n) is 7.75. The molecule has 5 rings (SSSR count). The van der Waals surface area contributed by atoms with Gasteiger partial charge in [-0.05, 0) is 50.4 Å². The summed E-state index contributed by atoms with van der Waals surface area (Å²) in [6.07, 6.45) is 6.74. The third kappa shape index (κ3) is 3.07. The summed E-state index contributed by atoms with van der Waals surface area (Å²) in [5.41, 5.74) is 8.69. The maximum absolute atomic E-state index is 6.10. The van der Waals surface area contributed by atoms with Gasteiger partial charge in [0.15, 0.2) is 5.13 Å². The lowest BCUT2D eigenvalue weighted by Gasteiger charge is -2.45. The number of hydrogen-bond donors (Lipinski definition) is 1. The Morgan fingerprint density at radius 2 is 1.89 bits per heavy atom. The van der Waals surface area contributed by atoms with Crippen LogP contribution in [0.1, 0.15) is 31.2 Å². The van der Waals surface area contributed by atoms with Gasteiger partial charge in [0, 0.05) is 36.9 Å². The monoisotopic (exact) mass is 379 g/mol. The van der Waals surface area contributed by atoms with Crippen LogP contribution in [-0.2, 0) is 6.54 Å². The van der Waals surface area contributed by atoms with Gasteiger partial charge < -0.3 is 10.6 Å². The zero-order valence-electron chi connectivity index (χ0n) is 15.5. The van der Waals surface area contributed by atoms with Gasteiger partial charge in [0.05, 0.1) is 10.2 Å². The number of aromatic nitrogens is 2. The first-order valence-corrected chi connectivity index (χ1v) is 10.6. The minimum absolute atomic E-state index is 0.315. The normalized spacial score (nSPS) is 19.9. The van der Waals surface area contributed by atoms with Crippen LogP contribution in [0.15, 0.2) is 42.6 Å². The highest BCUT2D eigenvalue weighted by Crippen LogP contribution is 2.41. The second kappa shape index (κ2) is 6.77. The lowest BCUT2D eigenvalue weighted by atomic mass is 9.85. The van der Waals surface area contributed by atoms with Crippen LogP contribution >= 0.6 is 11.3 Å². The van der Waals surface area contributed by atoms with Crippen LogP contribution in [0.4, 0.5) is 10.9 Å². The molecule has 3 aromatic rings. The SMILES string of the molecule is Nc1ncccc1CN1CCCC12CCN(c1nc3ccccc3s1)CC2. The number of thiazole rings is 1. The number of para-hydroxylation sites is 1. The van der Waals surface area contributed by atoms with E-state index >= 15 is 0 Å². The Morgan fingerprint density at radius 3 is 2.70 bits per heavy atom. The fourth-order valence-electron chi connectivity index (χ4n) is 4.71. The fraction of sp³-hybridized carbons (Fsp3) is 0.429. The van der Waals surface area contributed by atoms with Gasteiger partial charge in [0.25, 0.3) is 0 Å². The molecular weight excluding hydrogens is 354 g/mol. The molecule has 0 aliphatic carbocycles. The van der Waals surface area contributed by atoms with Gasteiger partial charge in [-0.3, -0.25) is 4.90 Å². The largest absolute Gasteiger partial charge is 0.383 e. The molecule has 4 heterocycles. The number of hydrogen-bond acceptors (Lipinski definition) is 6. The molecule has 140 valence electrons. The van der Waals surface area contributed by atoms with Gasteiger partial charge in [-0.25, -0.2) is 9.97 Å². The number of anilines is 2. The van der Waals surface area contributed by atoms with Crippen molar-refractivity contribution in [2.24, 2.45) is 0 Å². The van der Waals surface area contributed by atoms with Gasteiger partial charge in [-0.2, -0.15) is 0 Å². The van der Waals surface area contributed by atoms with Crippen molar-refractivity contribution in [2.45, 2.75) is 37.8 Å². The van der Waals surface area contributed by atoms with Gasteiger partial charge in [0.2, 0.25) is 0 Å². The number of rotatable bonds is 3. The van der Waals surface area contributed by atoms with E-state index in [1.807, 2.05) is 17.4 Å². The Kier molecular flexibility index (Phi) is 4.25. The number of nitrogens with two attached hydrogens (primary N) is 1. The van der Waals surface area contributed by atoms with Crippen molar-refractivity contribution in [1.82, 2.24) is 14.9 Å². The van der Waals surface area contributed by atoms with Gasteiger partial charge in [-0.1, -0.05) is 29.5 Å². The molecule has 5 nitrogen and oxygen atoms in total. The number of fused-ring (bicyclic) bond motifs is 1. The minimum Gasteiger partial charge on any atom is -0.383 e. The number of benzene rings is 1. The highest BCUT2D eigenvalue weighted by molar-refractivity contribution is 7.22. The van der Waals surface area contributed by atoms with Gasteiger partial charge in [-0.15, -0.1) is 0 Å². The van der Waals surface area contributed by atoms with E-state index in [-0.39, 0.29) is 0 Å². The lowest BCUT2D eigenvalue weighted by molar-refractivity contribution is 0.0999. The van der Waals surface area contributed by atoms with Crippen molar-refractivity contribution in [1.29, 1.82) is 0 Å². The Balaban J connectivity index is 1.31. The zero-order valence-corrected chi connectivity index (χ0v) is 16.3. The first kappa shape index (κ1) is 17.0. The van der Waals surface area contributed by atoms with Crippen LogP contribution in [-0.4, -0.2) is 40.0 Å². The first-order chi connectivity index (χ1) is 13.2. The van der Waals surface area contributed by atoms with E-state index in [4.69, 9.17) is 10.7 Å². The van der Waals surface area contributed by atoms with Crippen LogP contribution < -0.4 is 10.6 Å². The van der Waals surface area contributed by atoms with Crippen LogP contribution in [0.2, 0.25) is 0 Å². The van der Waals surface area contributed by atoms with Crippen molar-refractivity contribution >= 4 is 32.5 Å². The van der Waals surface area contributed by atoms with E-state index in [2.05, 4.69) is 45.1 Å². The van der Waals surface area contributed by atoms with Crippen molar-refractivity contribution in [3.63, 3.8) is 0 Å². The molecule has 1 aromatic carbocycles. The van der Waals surface area contributed by atoms with E-state index < -0.39 is 0 Å². The van der Waals surface area contributed by atoms with Crippen molar-refractivity contribution < 1.29 is 0 Å². The summed E-state index contributed by atoms with van der Waals surface area (Å²) in [5.74, 6) is 0.673. The molecule has 0 radical (unpaired) electrons. The predicted octanol–water partition coefficient (Wildman–Crippen LogP) is 3.91. The van der Waals surface area contributed by atoms with E-state index in [1.165, 1.54) is 35.5 Å². The van der Waals surface area contributed by atoms with E-state index in [1.54, 1.807) is 6.20 Å². The Labute approximate surface area is 163 Å². The number of nitrogen functional groups attached to an aromatic ring is 1. The number of likely N-dealkylation sites (tertiary alicyclic amines) is 1. The van der Waals surface area contributed by atoms with Crippen molar-refractivity contribution in [2.75, 3.05) is 30.3 Å². The Morgan fingerprint density at radius 1 is 1.04 bits per heavy atom. The molecule has 0 atom stereocenters. The maximum Gasteiger partial charge on any atom is 0.186 e. The second-order valence-corrected chi connectivity index (χ2v) is 8.76. The minimum atomic E-state index is 0.315. The molecule has 1 spiro atoms. The highest BCUT2D eigenvalue weighted by Gasteiger charge is 2.43. The van der Waals surface area contributed by atoms with Gasteiger partial charge in [0.1, 0.15) is 5.82 Å². The summed E-state index contributed by atoms with van der Waals surface area (Å²) in [6, 6.07) is 12.5. The third-order valence-corrected chi connectivity index (χ3v) is 7.37. The van der Waals surface area contributed by atoms with Crippen LogP contribution in [0.3, 0.4) is 0 Å². The molecule has 2 aliphatic rings. The molecule has 0 unspecified atom stereocenters. The molecular formula is C21H25N5S. The van der Waals surface area contributed by atoms with E-state index in [0.29, 0.717) is 11.4 Å². The summed E-state index contributed by atoms with van der Waals surface area (Å²) < 4.78 is 1.28. The average Bonchev–Trinajstić information content (AvgIpc) is 3.29. The fourth-order valence-corrected chi connectivity index (χ4v) is 5.72. The summed E-state index contributed by atoms with van der Waals surface area (Å²) >= 11 is 1.82. The molecule has 0 saturated carbocycles. The molecule has 2 saturated heterocycles. The number of nitrogens with zero attached hydrogens (tertiary/aromatic N) is 4. The van der Waals surface area contributed by atoms with E-state index in [9.17, 15) is 0 Å².